The molecule has 3 N–H and O–H groups in total. The highest BCUT2D eigenvalue weighted by atomic mass is 19.1. The predicted octanol–water partition coefficient (Wildman–Crippen LogP) is 2.72. The number of aliphatic imine (C=N–C) groups is 1. The number of carbonyl (C=O) groups is 1. The van der Waals surface area contributed by atoms with E-state index in [0.717, 1.165) is 11.0 Å². The van der Waals surface area contributed by atoms with Gasteiger partial charge in [-0.15, -0.1) is 0 Å². The minimum absolute atomic E-state index is 0.168. The zero-order valence-corrected chi connectivity index (χ0v) is 19.2. The Bertz CT molecular complexity index is 1300. The molecule has 0 saturated carbocycles. The molecule has 0 unspecified atom stereocenters. The maximum Gasteiger partial charge on any atom is 0.334 e. The standard InChI is InChI=1S/C22H23F2N7O4/c1-33-5-4-26-9-13(7-25)31-19-12(8-27-21-14(19)10-28-29-21)11-30(22(31)32)20-17(23)15(34-2)6-16(35-3)18(20)24/h6-10H,4-5,11,25H2,1-3H3,(H,27,28,29)/b13-7+,26-9?. The summed E-state index contributed by atoms with van der Waals surface area (Å²) in [6, 6.07) is 0.285. The molecule has 3 heterocycles. The number of nitrogens with one attached hydrogen (secondary N) is 1. The van der Waals surface area contributed by atoms with E-state index in [0.29, 0.717) is 35.4 Å². The molecule has 1 aromatic carbocycles. The second-order valence-electron chi connectivity index (χ2n) is 7.35. The van der Waals surface area contributed by atoms with Gasteiger partial charge in [0.15, 0.2) is 28.8 Å². The Morgan fingerprint density at radius 1 is 1.20 bits per heavy atom. The number of hydrogen-bond acceptors (Lipinski definition) is 8. The molecule has 0 radical (unpaired) electrons. The molecular weight excluding hydrogens is 464 g/mol. The maximum atomic E-state index is 15.3. The average Bonchev–Trinajstić information content (AvgIpc) is 3.34. The molecule has 1 aliphatic heterocycles. The highest BCUT2D eigenvalue weighted by Crippen LogP contribution is 2.42. The molecule has 35 heavy (non-hydrogen) atoms. The van der Waals surface area contributed by atoms with Gasteiger partial charge in [-0.2, -0.15) is 5.10 Å². The lowest BCUT2D eigenvalue weighted by Gasteiger charge is -2.37. The number of allylic oxidation sites excluding steroid dienone is 1. The summed E-state index contributed by atoms with van der Waals surface area (Å²) in [5.41, 5.74) is 6.72. The molecule has 184 valence electrons. The number of nitrogens with two attached hydrogens (primary N) is 1. The second kappa shape index (κ2) is 9.93. The van der Waals surface area contributed by atoms with E-state index in [1.54, 1.807) is 0 Å². The summed E-state index contributed by atoms with van der Waals surface area (Å²) in [6.07, 6.45) is 5.55. The van der Waals surface area contributed by atoms with E-state index in [1.807, 2.05) is 0 Å². The molecule has 0 fully saturated rings. The van der Waals surface area contributed by atoms with E-state index in [2.05, 4.69) is 20.2 Å². The molecule has 1 aliphatic rings. The summed E-state index contributed by atoms with van der Waals surface area (Å²) < 4.78 is 45.7. The third-order valence-electron chi connectivity index (χ3n) is 5.40. The van der Waals surface area contributed by atoms with Crippen molar-refractivity contribution in [3.63, 3.8) is 0 Å². The number of pyridine rings is 1. The minimum atomic E-state index is -1.06. The molecule has 0 spiro atoms. The van der Waals surface area contributed by atoms with Gasteiger partial charge < -0.3 is 19.9 Å². The van der Waals surface area contributed by atoms with Gasteiger partial charge in [0.2, 0.25) is 0 Å². The van der Waals surface area contributed by atoms with Gasteiger partial charge in [0.25, 0.3) is 0 Å². The zero-order valence-electron chi connectivity index (χ0n) is 19.2. The summed E-state index contributed by atoms with van der Waals surface area (Å²) in [4.78, 5) is 24.5. The number of hydrogen-bond donors (Lipinski definition) is 2. The number of anilines is 2. The first-order valence-corrected chi connectivity index (χ1v) is 10.4. The van der Waals surface area contributed by atoms with Crippen LogP contribution < -0.4 is 25.0 Å². The molecule has 0 saturated heterocycles. The highest BCUT2D eigenvalue weighted by molar-refractivity contribution is 6.16. The Labute approximate surface area is 198 Å². The fourth-order valence-electron chi connectivity index (χ4n) is 3.76. The number of aromatic nitrogens is 3. The summed E-state index contributed by atoms with van der Waals surface area (Å²) in [5.74, 6) is -2.70. The third-order valence-corrected chi connectivity index (χ3v) is 5.40. The molecule has 11 nitrogen and oxygen atoms in total. The normalized spacial score (nSPS) is 14.2. The summed E-state index contributed by atoms with van der Waals surface area (Å²) in [7, 11) is 3.99. The Morgan fingerprint density at radius 2 is 1.91 bits per heavy atom. The first kappa shape index (κ1) is 23.9. The van der Waals surface area contributed by atoms with Gasteiger partial charge in [0.05, 0.1) is 56.9 Å². The first-order chi connectivity index (χ1) is 17.0. The van der Waals surface area contributed by atoms with E-state index >= 15 is 8.78 Å². The van der Waals surface area contributed by atoms with Crippen LogP contribution in [0.4, 0.5) is 25.0 Å². The van der Waals surface area contributed by atoms with Crippen molar-refractivity contribution < 1.29 is 27.8 Å². The van der Waals surface area contributed by atoms with Crippen molar-refractivity contribution in [2.75, 3.05) is 44.3 Å². The first-order valence-electron chi connectivity index (χ1n) is 10.4. The van der Waals surface area contributed by atoms with E-state index in [4.69, 9.17) is 19.9 Å². The Kier molecular flexibility index (Phi) is 6.78. The molecule has 3 aromatic rings. The SMILES string of the molecule is COCCN=C/C(=C\N)N1C(=O)N(c2c(F)c(OC)cc(OC)c2F)Cc2cnc3[nH]ncc3c21. The van der Waals surface area contributed by atoms with E-state index in [9.17, 15) is 4.79 Å². The van der Waals surface area contributed by atoms with E-state index < -0.39 is 23.4 Å². The van der Waals surface area contributed by atoms with Gasteiger partial charge in [0.1, 0.15) is 5.69 Å². The maximum absolute atomic E-state index is 15.3. The monoisotopic (exact) mass is 487 g/mol. The van der Waals surface area contributed by atoms with E-state index in [-0.39, 0.29) is 23.7 Å². The number of nitrogens with zero attached hydrogens (tertiary/aromatic N) is 5. The van der Waals surface area contributed by atoms with Crippen molar-refractivity contribution in [3.05, 3.63) is 47.6 Å². The number of methoxy groups -OCH3 is 3. The molecule has 13 heteroatoms. The number of urea groups is 1. The minimum Gasteiger partial charge on any atom is -0.493 e. The molecule has 2 aromatic heterocycles. The van der Waals surface area contributed by atoms with Gasteiger partial charge in [0, 0.05) is 37.4 Å². The van der Waals surface area contributed by atoms with Crippen LogP contribution in [0.3, 0.4) is 0 Å². The van der Waals surface area contributed by atoms with Crippen molar-refractivity contribution in [1.29, 1.82) is 0 Å². The quantitative estimate of drug-likeness (QED) is 0.369. The Hall–Kier alpha value is -4.26. The lowest BCUT2D eigenvalue weighted by Crippen LogP contribution is -2.48. The molecule has 0 atom stereocenters. The Morgan fingerprint density at radius 3 is 2.54 bits per heavy atom. The van der Waals surface area contributed by atoms with Crippen molar-refractivity contribution in [3.8, 4) is 11.5 Å². The lowest BCUT2D eigenvalue weighted by molar-refractivity contribution is 0.208. The largest absolute Gasteiger partial charge is 0.493 e. The number of halogens is 2. The predicted molar refractivity (Wildman–Crippen MR) is 125 cm³/mol. The molecule has 4 rings (SSSR count). The number of ether oxygens (including phenoxy) is 3. The fraction of sp³-hybridized carbons (Fsp3) is 0.273. The second-order valence-corrected chi connectivity index (χ2v) is 7.35. The van der Waals surface area contributed by atoms with Crippen LogP contribution in [0.25, 0.3) is 11.0 Å². The van der Waals surface area contributed by atoms with Gasteiger partial charge in [-0.1, -0.05) is 0 Å². The van der Waals surface area contributed by atoms with Gasteiger partial charge in [-0.3, -0.25) is 19.9 Å². The van der Waals surface area contributed by atoms with Gasteiger partial charge in [-0.25, -0.2) is 18.6 Å². The summed E-state index contributed by atoms with van der Waals surface area (Å²) >= 11 is 0. The number of benzene rings is 1. The third kappa shape index (κ3) is 4.10. The highest BCUT2D eigenvalue weighted by Gasteiger charge is 2.39. The number of carbonyl (C=O) groups excluding carboxylic acids is 1. The van der Waals surface area contributed by atoms with Crippen LogP contribution in [0, 0.1) is 11.6 Å². The molecule has 0 aliphatic carbocycles. The van der Waals surface area contributed by atoms with E-state index in [1.165, 1.54) is 51.0 Å². The van der Waals surface area contributed by atoms with Crippen LogP contribution in [-0.2, 0) is 11.3 Å². The van der Waals surface area contributed by atoms with Crippen molar-refractivity contribution in [2.45, 2.75) is 6.54 Å². The Balaban J connectivity index is 1.92. The van der Waals surface area contributed by atoms with Crippen LogP contribution in [0.1, 0.15) is 5.56 Å². The number of amides is 2. The average molecular weight is 487 g/mol. The van der Waals surface area contributed by atoms with Gasteiger partial charge in [-0.05, 0) is 0 Å². The number of H-pyrrole nitrogens is 1. The van der Waals surface area contributed by atoms with Crippen LogP contribution in [0.2, 0.25) is 0 Å². The van der Waals surface area contributed by atoms with Crippen LogP contribution in [0.5, 0.6) is 11.5 Å². The fourth-order valence-corrected chi connectivity index (χ4v) is 3.76. The summed E-state index contributed by atoms with van der Waals surface area (Å²) in [6.45, 7) is 0.461. The molecule has 0 bridgehead atoms. The van der Waals surface area contributed by atoms with Crippen LogP contribution in [-0.4, -0.2) is 61.9 Å². The van der Waals surface area contributed by atoms with Gasteiger partial charge >= 0.3 is 6.03 Å². The van der Waals surface area contributed by atoms with Crippen molar-refractivity contribution in [2.24, 2.45) is 10.7 Å². The number of aromatic amines is 1. The van der Waals surface area contributed by atoms with Crippen molar-refractivity contribution in [1.82, 2.24) is 15.2 Å². The molecular formula is C22H23F2N7O4. The van der Waals surface area contributed by atoms with Crippen LogP contribution in [0.15, 0.2) is 35.3 Å². The van der Waals surface area contributed by atoms with Crippen molar-refractivity contribution >= 4 is 34.7 Å². The number of fused-ring (bicyclic) bond motifs is 3. The smallest absolute Gasteiger partial charge is 0.334 e. The number of rotatable bonds is 8. The summed E-state index contributed by atoms with van der Waals surface area (Å²) in [5, 5.41) is 7.26. The zero-order chi connectivity index (χ0) is 25.1. The molecule has 2 amide bonds. The van der Waals surface area contributed by atoms with Crippen LogP contribution >= 0.6 is 0 Å². The lowest BCUT2D eigenvalue weighted by atomic mass is 10.1. The topological polar surface area (TPSA) is 131 Å².